The Morgan fingerprint density at radius 3 is 2.41 bits per heavy atom. The standard InChI is InChI=1S/C24H20N2O/c1-27-20-13-11-19(12-14-20)24(17-18-7-3-2-4-8-18)22-10-6-5-9-21(22)23-25-15-16-26(23)24/h2-16H,17H2,1H3. The van der Waals surface area contributed by atoms with E-state index in [0.29, 0.717) is 0 Å². The molecule has 0 amide bonds. The molecule has 0 N–H and O–H groups in total. The van der Waals surface area contributed by atoms with Crippen molar-refractivity contribution in [3.63, 3.8) is 0 Å². The molecule has 27 heavy (non-hydrogen) atoms. The number of imidazole rings is 1. The first-order valence-corrected chi connectivity index (χ1v) is 9.15. The van der Waals surface area contributed by atoms with Crippen LogP contribution in [0.4, 0.5) is 0 Å². The summed E-state index contributed by atoms with van der Waals surface area (Å²) in [5.41, 5.74) is 4.70. The number of aromatic nitrogens is 2. The van der Waals surface area contributed by atoms with Crippen molar-refractivity contribution in [1.29, 1.82) is 0 Å². The number of benzene rings is 3. The number of nitrogens with zero attached hydrogens (tertiary/aromatic N) is 2. The number of methoxy groups -OCH3 is 1. The Labute approximate surface area is 158 Å². The van der Waals surface area contributed by atoms with Crippen LogP contribution in [0.15, 0.2) is 91.3 Å². The molecule has 0 aliphatic carbocycles. The highest BCUT2D eigenvalue weighted by molar-refractivity contribution is 5.71. The fourth-order valence-electron chi connectivity index (χ4n) is 4.31. The first-order chi connectivity index (χ1) is 13.3. The molecule has 1 atom stereocenters. The van der Waals surface area contributed by atoms with E-state index in [-0.39, 0.29) is 5.54 Å². The highest BCUT2D eigenvalue weighted by Crippen LogP contribution is 2.48. The lowest BCUT2D eigenvalue weighted by Crippen LogP contribution is -2.35. The minimum atomic E-state index is -0.323. The van der Waals surface area contributed by atoms with Crippen molar-refractivity contribution >= 4 is 0 Å². The molecule has 2 heterocycles. The summed E-state index contributed by atoms with van der Waals surface area (Å²) in [6.07, 6.45) is 4.86. The van der Waals surface area contributed by atoms with Crippen LogP contribution in [-0.4, -0.2) is 16.7 Å². The van der Waals surface area contributed by atoms with Crippen molar-refractivity contribution in [1.82, 2.24) is 9.55 Å². The summed E-state index contributed by atoms with van der Waals surface area (Å²) in [5.74, 6) is 1.89. The first kappa shape index (κ1) is 15.9. The van der Waals surface area contributed by atoms with Gasteiger partial charge in [-0.15, -0.1) is 0 Å². The Kier molecular flexibility index (Phi) is 3.61. The van der Waals surface area contributed by atoms with Crippen LogP contribution in [0.3, 0.4) is 0 Å². The quantitative estimate of drug-likeness (QED) is 0.522. The second-order valence-electron chi connectivity index (χ2n) is 6.92. The molecule has 3 nitrogen and oxygen atoms in total. The Hall–Kier alpha value is -3.33. The molecule has 3 aromatic carbocycles. The van der Waals surface area contributed by atoms with Gasteiger partial charge in [-0.3, -0.25) is 0 Å². The van der Waals surface area contributed by atoms with Crippen LogP contribution >= 0.6 is 0 Å². The van der Waals surface area contributed by atoms with Gasteiger partial charge in [0.2, 0.25) is 0 Å². The number of hydrogen-bond donors (Lipinski definition) is 0. The molecule has 0 saturated heterocycles. The summed E-state index contributed by atoms with van der Waals surface area (Å²) in [6, 6.07) is 27.7. The maximum Gasteiger partial charge on any atom is 0.141 e. The number of hydrogen-bond acceptors (Lipinski definition) is 2. The first-order valence-electron chi connectivity index (χ1n) is 9.15. The molecule has 1 aromatic heterocycles. The predicted octanol–water partition coefficient (Wildman–Crippen LogP) is 4.91. The van der Waals surface area contributed by atoms with E-state index in [2.05, 4.69) is 82.5 Å². The van der Waals surface area contributed by atoms with Crippen molar-refractivity contribution in [3.05, 3.63) is 108 Å². The van der Waals surface area contributed by atoms with Gasteiger partial charge in [0.1, 0.15) is 17.1 Å². The van der Waals surface area contributed by atoms with Gasteiger partial charge < -0.3 is 9.30 Å². The summed E-state index contributed by atoms with van der Waals surface area (Å²) in [7, 11) is 1.70. The van der Waals surface area contributed by atoms with E-state index in [0.717, 1.165) is 18.0 Å². The minimum absolute atomic E-state index is 0.323. The smallest absolute Gasteiger partial charge is 0.141 e. The van der Waals surface area contributed by atoms with E-state index in [1.807, 2.05) is 18.3 Å². The lowest BCUT2D eigenvalue weighted by atomic mass is 9.78. The molecule has 132 valence electrons. The van der Waals surface area contributed by atoms with E-state index in [9.17, 15) is 0 Å². The molecular weight excluding hydrogens is 332 g/mol. The number of rotatable bonds is 4. The molecule has 3 heteroatoms. The van der Waals surface area contributed by atoms with Gasteiger partial charge >= 0.3 is 0 Å². The molecule has 4 aromatic rings. The van der Waals surface area contributed by atoms with E-state index >= 15 is 0 Å². The van der Waals surface area contributed by atoms with Gasteiger partial charge in [0.15, 0.2) is 0 Å². The van der Waals surface area contributed by atoms with Crippen LogP contribution in [0.2, 0.25) is 0 Å². The average Bonchev–Trinajstić information content (AvgIpc) is 3.31. The fourth-order valence-corrected chi connectivity index (χ4v) is 4.31. The number of ether oxygens (including phenoxy) is 1. The van der Waals surface area contributed by atoms with Gasteiger partial charge in [0.25, 0.3) is 0 Å². The van der Waals surface area contributed by atoms with Crippen LogP contribution < -0.4 is 4.74 Å². The monoisotopic (exact) mass is 352 g/mol. The van der Waals surface area contributed by atoms with E-state index in [1.165, 1.54) is 22.3 Å². The molecule has 1 aliphatic heterocycles. The van der Waals surface area contributed by atoms with Gasteiger partial charge in [-0.1, -0.05) is 66.7 Å². The van der Waals surface area contributed by atoms with Crippen molar-refractivity contribution in [2.24, 2.45) is 0 Å². The highest BCUT2D eigenvalue weighted by atomic mass is 16.5. The van der Waals surface area contributed by atoms with E-state index in [1.54, 1.807) is 7.11 Å². The Balaban J connectivity index is 1.79. The maximum absolute atomic E-state index is 5.39. The highest BCUT2D eigenvalue weighted by Gasteiger charge is 2.44. The SMILES string of the molecule is COc1ccc(C2(Cc3ccccc3)c3ccccc3-c3nccn32)cc1. The normalized spacial score (nSPS) is 17.4. The van der Waals surface area contributed by atoms with Crippen LogP contribution in [0.5, 0.6) is 5.75 Å². The molecular formula is C24H20N2O. The maximum atomic E-state index is 5.39. The Morgan fingerprint density at radius 1 is 0.889 bits per heavy atom. The zero-order valence-corrected chi connectivity index (χ0v) is 15.2. The summed E-state index contributed by atoms with van der Waals surface area (Å²) in [4.78, 5) is 4.67. The van der Waals surface area contributed by atoms with Crippen LogP contribution in [0, 0.1) is 0 Å². The fraction of sp³-hybridized carbons (Fsp3) is 0.125. The second kappa shape index (κ2) is 6.13. The lowest BCUT2D eigenvalue weighted by Gasteiger charge is -2.34. The van der Waals surface area contributed by atoms with Gasteiger partial charge in [0, 0.05) is 24.4 Å². The van der Waals surface area contributed by atoms with Crippen LogP contribution in [-0.2, 0) is 12.0 Å². The second-order valence-corrected chi connectivity index (χ2v) is 6.92. The van der Waals surface area contributed by atoms with Gasteiger partial charge in [-0.2, -0.15) is 0 Å². The van der Waals surface area contributed by atoms with Gasteiger partial charge in [0.05, 0.1) is 7.11 Å². The zero-order valence-electron chi connectivity index (χ0n) is 15.2. The van der Waals surface area contributed by atoms with Crippen molar-refractivity contribution < 1.29 is 4.74 Å². The molecule has 0 spiro atoms. The lowest BCUT2D eigenvalue weighted by molar-refractivity contribution is 0.412. The van der Waals surface area contributed by atoms with Gasteiger partial charge in [-0.25, -0.2) is 4.98 Å². The van der Waals surface area contributed by atoms with Crippen LogP contribution in [0.25, 0.3) is 11.4 Å². The largest absolute Gasteiger partial charge is 0.497 e. The minimum Gasteiger partial charge on any atom is -0.497 e. The molecule has 0 bridgehead atoms. The third-order valence-corrected chi connectivity index (χ3v) is 5.54. The predicted molar refractivity (Wildman–Crippen MR) is 107 cm³/mol. The molecule has 0 radical (unpaired) electrons. The molecule has 5 rings (SSSR count). The average molecular weight is 352 g/mol. The topological polar surface area (TPSA) is 27.1 Å². The molecule has 1 aliphatic rings. The Bertz CT molecular complexity index is 1080. The molecule has 0 fully saturated rings. The van der Waals surface area contributed by atoms with E-state index in [4.69, 9.17) is 4.74 Å². The molecule has 1 unspecified atom stereocenters. The summed E-state index contributed by atoms with van der Waals surface area (Å²) in [5, 5.41) is 0. The van der Waals surface area contributed by atoms with Crippen molar-refractivity contribution in [2.75, 3.05) is 7.11 Å². The molecule has 0 saturated carbocycles. The number of fused-ring (bicyclic) bond motifs is 3. The van der Waals surface area contributed by atoms with Crippen molar-refractivity contribution in [3.8, 4) is 17.1 Å². The van der Waals surface area contributed by atoms with Crippen LogP contribution in [0.1, 0.15) is 16.7 Å². The third kappa shape index (κ3) is 2.32. The van der Waals surface area contributed by atoms with Gasteiger partial charge in [-0.05, 0) is 28.8 Å². The van der Waals surface area contributed by atoms with Crippen molar-refractivity contribution in [2.45, 2.75) is 12.0 Å². The third-order valence-electron chi connectivity index (χ3n) is 5.54. The summed E-state index contributed by atoms with van der Waals surface area (Å²) < 4.78 is 7.71. The summed E-state index contributed by atoms with van der Waals surface area (Å²) in [6.45, 7) is 0. The Morgan fingerprint density at radius 2 is 1.63 bits per heavy atom. The zero-order chi connectivity index (χ0) is 18.3. The van der Waals surface area contributed by atoms with E-state index < -0.39 is 0 Å². The summed E-state index contributed by atoms with van der Waals surface area (Å²) >= 11 is 0.